The number of hydrogen-bond donors (Lipinski definition) is 2. The van der Waals surface area contributed by atoms with Crippen LogP contribution in [0.2, 0.25) is 0 Å². The summed E-state index contributed by atoms with van der Waals surface area (Å²) in [6.07, 6.45) is 7.14. The molecule has 2 aromatic heterocycles. The molecule has 6 nitrogen and oxygen atoms in total. The molecule has 0 amide bonds. The Labute approximate surface area is 163 Å². The molecule has 2 N–H and O–H groups in total. The van der Waals surface area contributed by atoms with E-state index in [1.165, 1.54) is 31.2 Å². The minimum absolute atomic E-state index is 0.675. The van der Waals surface area contributed by atoms with Crippen LogP contribution >= 0.6 is 0 Å². The average Bonchev–Trinajstić information content (AvgIpc) is 3.46. The van der Waals surface area contributed by atoms with Crippen LogP contribution in [0.5, 0.6) is 0 Å². The van der Waals surface area contributed by atoms with Gasteiger partial charge in [-0.15, -0.1) is 5.10 Å². The van der Waals surface area contributed by atoms with Crippen molar-refractivity contribution < 1.29 is 0 Å². The van der Waals surface area contributed by atoms with E-state index in [4.69, 9.17) is 0 Å². The van der Waals surface area contributed by atoms with Crippen LogP contribution in [0.4, 0.5) is 0 Å². The first-order valence-electron chi connectivity index (χ1n) is 10.1. The molecule has 6 rings (SSSR count). The van der Waals surface area contributed by atoms with Crippen molar-refractivity contribution in [3.05, 3.63) is 60.3 Å². The molecule has 3 atom stereocenters. The first-order valence-corrected chi connectivity index (χ1v) is 10.1. The predicted octanol–water partition coefficient (Wildman–Crippen LogP) is 3.81. The number of aromatic amines is 1. The maximum absolute atomic E-state index is 4.42. The van der Waals surface area contributed by atoms with Crippen LogP contribution in [0.1, 0.15) is 37.2 Å². The summed E-state index contributed by atoms with van der Waals surface area (Å²) in [4.78, 5) is 0. The number of piperidine rings is 1. The van der Waals surface area contributed by atoms with Crippen molar-refractivity contribution in [3.8, 4) is 17.1 Å². The van der Waals surface area contributed by atoms with Gasteiger partial charge in [0.05, 0.1) is 17.4 Å². The summed E-state index contributed by atoms with van der Waals surface area (Å²) in [7, 11) is 0. The molecule has 2 aliphatic rings. The van der Waals surface area contributed by atoms with Crippen molar-refractivity contribution in [3.63, 3.8) is 0 Å². The fraction of sp³-hybridized carbons (Fsp3) is 0.318. The standard InChI is InChI=1S/C22H22N6/c1-2-4-20-19(3-1)22(26-24-20)21-13-28(27-25-21)18-9-5-14(6-10-18)15-11-16-7-8-17(12-15)23-16/h1-6,9-10,13,15-17,23H,7-8,11-12H2,(H,24,26)/t15-,16+,17-. The molecule has 4 heterocycles. The minimum atomic E-state index is 0.675. The summed E-state index contributed by atoms with van der Waals surface area (Å²) in [5.41, 5.74) is 5.09. The second-order valence-corrected chi connectivity index (χ2v) is 8.06. The van der Waals surface area contributed by atoms with Gasteiger partial charge in [-0.25, -0.2) is 4.68 Å². The first-order chi connectivity index (χ1) is 13.8. The van der Waals surface area contributed by atoms with Gasteiger partial charge in [-0.3, -0.25) is 5.10 Å². The third-order valence-electron chi connectivity index (χ3n) is 6.31. The van der Waals surface area contributed by atoms with Gasteiger partial charge in [0.2, 0.25) is 0 Å². The second kappa shape index (κ2) is 6.27. The molecule has 28 heavy (non-hydrogen) atoms. The van der Waals surface area contributed by atoms with Crippen molar-refractivity contribution >= 4 is 10.9 Å². The lowest BCUT2D eigenvalue weighted by molar-refractivity contribution is 0.363. The number of nitrogens with one attached hydrogen (secondary N) is 2. The monoisotopic (exact) mass is 370 g/mol. The van der Waals surface area contributed by atoms with E-state index >= 15 is 0 Å². The van der Waals surface area contributed by atoms with Crippen LogP contribution in [0.3, 0.4) is 0 Å². The number of nitrogens with zero attached hydrogens (tertiary/aromatic N) is 4. The zero-order valence-corrected chi connectivity index (χ0v) is 15.5. The summed E-state index contributed by atoms with van der Waals surface area (Å²) in [5, 5.41) is 20.9. The summed E-state index contributed by atoms with van der Waals surface area (Å²) in [6.45, 7) is 0. The molecule has 2 saturated heterocycles. The van der Waals surface area contributed by atoms with E-state index in [-0.39, 0.29) is 0 Å². The molecule has 0 aliphatic carbocycles. The van der Waals surface area contributed by atoms with Crippen LogP contribution in [0.25, 0.3) is 28.0 Å². The molecule has 140 valence electrons. The van der Waals surface area contributed by atoms with Crippen LogP contribution in [0.15, 0.2) is 54.7 Å². The molecular formula is C22H22N6. The third kappa shape index (κ3) is 2.64. The first kappa shape index (κ1) is 16.0. The quantitative estimate of drug-likeness (QED) is 0.575. The third-order valence-corrected chi connectivity index (χ3v) is 6.31. The van der Waals surface area contributed by atoms with Crippen molar-refractivity contribution in [1.29, 1.82) is 0 Å². The normalized spacial score (nSPS) is 24.1. The summed E-state index contributed by atoms with van der Waals surface area (Å²) < 4.78 is 1.83. The largest absolute Gasteiger partial charge is 0.311 e. The predicted molar refractivity (Wildman–Crippen MR) is 108 cm³/mol. The Morgan fingerprint density at radius 2 is 1.71 bits per heavy atom. The van der Waals surface area contributed by atoms with Crippen LogP contribution in [-0.2, 0) is 0 Å². The van der Waals surface area contributed by atoms with Gasteiger partial charge in [0.15, 0.2) is 0 Å². The molecule has 2 bridgehead atoms. The van der Waals surface area contributed by atoms with Gasteiger partial charge in [0.1, 0.15) is 11.4 Å². The van der Waals surface area contributed by atoms with E-state index in [9.17, 15) is 0 Å². The Kier molecular flexibility index (Phi) is 3.59. The molecular weight excluding hydrogens is 348 g/mol. The van der Waals surface area contributed by atoms with Crippen LogP contribution < -0.4 is 5.32 Å². The maximum Gasteiger partial charge on any atom is 0.134 e. The lowest BCUT2D eigenvalue weighted by Crippen LogP contribution is -2.37. The lowest BCUT2D eigenvalue weighted by atomic mass is 9.86. The molecule has 2 aliphatic heterocycles. The number of para-hydroxylation sites is 1. The highest BCUT2D eigenvalue weighted by molar-refractivity contribution is 5.91. The maximum atomic E-state index is 4.42. The number of hydrogen-bond acceptors (Lipinski definition) is 4. The summed E-state index contributed by atoms with van der Waals surface area (Å²) >= 11 is 0. The number of aromatic nitrogens is 5. The zero-order chi connectivity index (χ0) is 18.5. The van der Waals surface area contributed by atoms with Gasteiger partial charge in [-0.2, -0.15) is 5.10 Å². The van der Waals surface area contributed by atoms with E-state index in [0.29, 0.717) is 18.0 Å². The Morgan fingerprint density at radius 3 is 2.54 bits per heavy atom. The zero-order valence-electron chi connectivity index (χ0n) is 15.5. The van der Waals surface area contributed by atoms with Crippen molar-refractivity contribution in [1.82, 2.24) is 30.5 Å². The van der Waals surface area contributed by atoms with E-state index in [0.717, 1.165) is 28.0 Å². The highest BCUT2D eigenvalue weighted by Crippen LogP contribution is 2.37. The Bertz CT molecular complexity index is 1110. The SMILES string of the molecule is c1ccc2c(-c3cn(-c4ccc([C@H]5C[C@H]6CC[C@@H](C5)N6)cc4)nn3)n[nH]c2c1. The van der Waals surface area contributed by atoms with Gasteiger partial charge in [0, 0.05) is 17.5 Å². The molecule has 0 radical (unpaired) electrons. The lowest BCUT2D eigenvalue weighted by Gasteiger charge is -2.29. The molecule has 2 fully saturated rings. The van der Waals surface area contributed by atoms with Gasteiger partial charge in [0.25, 0.3) is 0 Å². The Morgan fingerprint density at radius 1 is 0.929 bits per heavy atom. The van der Waals surface area contributed by atoms with Gasteiger partial charge < -0.3 is 5.32 Å². The topological polar surface area (TPSA) is 71.4 Å². The Hall–Kier alpha value is -2.99. The fourth-order valence-electron chi connectivity index (χ4n) is 4.89. The van der Waals surface area contributed by atoms with Gasteiger partial charge in [-0.05, 0) is 55.4 Å². The highest BCUT2D eigenvalue weighted by Gasteiger charge is 2.33. The van der Waals surface area contributed by atoms with E-state index in [2.05, 4.69) is 50.1 Å². The van der Waals surface area contributed by atoms with Gasteiger partial charge >= 0.3 is 0 Å². The van der Waals surface area contributed by atoms with Crippen LogP contribution in [-0.4, -0.2) is 37.3 Å². The van der Waals surface area contributed by atoms with Gasteiger partial charge in [-0.1, -0.05) is 35.5 Å². The smallest absolute Gasteiger partial charge is 0.134 e. The second-order valence-electron chi connectivity index (χ2n) is 8.06. The molecule has 2 aromatic carbocycles. The van der Waals surface area contributed by atoms with Crippen LogP contribution in [0, 0.1) is 0 Å². The molecule has 4 aromatic rings. The Balaban J connectivity index is 1.27. The summed E-state index contributed by atoms with van der Waals surface area (Å²) in [5.74, 6) is 0.675. The van der Waals surface area contributed by atoms with Crippen molar-refractivity contribution in [2.75, 3.05) is 0 Å². The van der Waals surface area contributed by atoms with E-state index in [1.54, 1.807) is 0 Å². The van der Waals surface area contributed by atoms with Crippen molar-refractivity contribution in [2.45, 2.75) is 43.7 Å². The number of benzene rings is 2. The summed E-state index contributed by atoms with van der Waals surface area (Å²) in [6, 6.07) is 18.3. The number of rotatable bonds is 3. The fourth-order valence-corrected chi connectivity index (χ4v) is 4.89. The number of fused-ring (bicyclic) bond motifs is 3. The highest BCUT2D eigenvalue weighted by atomic mass is 15.4. The average molecular weight is 370 g/mol. The molecule has 0 unspecified atom stereocenters. The van der Waals surface area contributed by atoms with E-state index < -0.39 is 0 Å². The molecule has 6 heteroatoms. The molecule has 0 saturated carbocycles. The van der Waals surface area contributed by atoms with E-state index in [1.807, 2.05) is 35.1 Å². The number of H-pyrrole nitrogens is 1. The van der Waals surface area contributed by atoms with Crippen molar-refractivity contribution in [2.24, 2.45) is 0 Å². The minimum Gasteiger partial charge on any atom is -0.311 e. The molecule has 0 spiro atoms.